The average molecular weight is 413 g/mol. The number of rotatable bonds is 8. The summed E-state index contributed by atoms with van der Waals surface area (Å²) in [5.41, 5.74) is 2.45. The van der Waals surface area contributed by atoms with Gasteiger partial charge >= 0.3 is 0 Å². The highest BCUT2D eigenvalue weighted by molar-refractivity contribution is 8.03. The van der Waals surface area contributed by atoms with E-state index in [0.29, 0.717) is 18.9 Å². The highest BCUT2D eigenvalue weighted by Crippen LogP contribution is 2.25. The highest BCUT2D eigenvalue weighted by Gasteiger charge is 2.19. The first-order valence-corrected chi connectivity index (χ1v) is 11.3. The largest absolute Gasteiger partial charge is 0.488 e. The first-order chi connectivity index (χ1) is 14.2. The van der Waals surface area contributed by atoms with Crippen LogP contribution in [0.1, 0.15) is 24.0 Å². The maximum Gasteiger partial charge on any atom is 0.254 e. The van der Waals surface area contributed by atoms with Gasteiger partial charge in [-0.3, -0.25) is 9.69 Å². The third-order valence-electron chi connectivity index (χ3n) is 5.44. The average Bonchev–Trinajstić information content (AvgIpc) is 3.38. The van der Waals surface area contributed by atoms with Crippen LogP contribution in [0.15, 0.2) is 58.4 Å². The summed E-state index contributed by atoms with van der Waals surface area (Å²) in [6, 6.07) is 12.0. The van der Waals surface area contributed by atoms with E-state index in [0.717, 1.165) is 44.6 Å². The molecule has 4 rings (SSSR count). The fourth-order valence-corrected chi connectivity index (χ4v) is 4.64. The molecule has 6 heteroatoms. The van der Waals surface area contributed by atoms with Crippen molar-refractivity contribution in [1.82, 2.24) is 9.47 Å². The summed E-state index contributed by atoms with van der Waals surface area (Å²) >= 11 is 1.82. The monoisotopic (exact) mass is 412 g/mol. The zero-order valence-corrected chi connectivity index (χ0v) is 17.4. The molecule has 1 N–H and O–H groups in total. The van der Waals surface area contributed by atoms with E-state index in [1.54, 1.807) is 10.6 Å². The van der Waals surface area contributed by atoms with Gasteiger partial charge in [-0.2, -0.15) is 0 Å². The molecule has 2 aliphatic rings. The lowest BCUT2D eigenvalue weighted by Gasteiger charge is -2.15. The van der Waals surface area contributed by atoms with E-state index in [1.165, 1.54) is 16.0 Å². The van der Waals surface area contributed by atoms with E-state index in [9.17, 15) is 9.90 Å². The molecule has 1 aromatic carbocycles. The normalized spacial score (nSPS) is 19.5. The predicted molar refractivity (Wildman–Crippen MR) is 117 cm³/mol. The number of thioether (sulfide) groups is 1. The topological polar surface area (TPSA) is 54.7 Å². The number of aliphatic hydroxyl groups excluding tert-OH is 1. The maximum absolute atomic E-state index is 12.4. The number of hydrogen-bond acceptors (Lipinski definition) is 5. The highest BCUT2D eigenvalue weighted by atomic mass is 32.2. The van der Waals surface area contributed by atoms with Crippen molar-refractivity contribution in [1.29, 1.82) is 0 Å². The predicted octanol–water partition coefficient (Wildman–Crippen LogP) is 3.06. The van der Waals surface area contributed by atoms with E-state index < -0.39 is 0 Å². The molecule has 5 nitrogen and oxygen atoms in total. The van der Waals surface area contributed by atoms with Crippen molar-refractivity contribution in [2.45, 2.75) is 38.5 Å². The molecule has 3 heterocycles. The summed E-state index contributed by atoms with van der Waals surface area (Å²) < 4.78 is 7.47. The molecule has 1 aromatic heterocycles. The minimum atomic E-state index is -0.178. The summed E-state index contributed by atoms with van der Waals surface area (Å²) in [5, 5.41) is 9.64. The molecule has 154 valence electrons. The molecule has 0 amide bonds. The molecule has 2 aromatic rings. The van der Waals surface area contributed by atoms with Crippen LogP contribution in [-0.4, -0.2) is 46.1 Å². The molecule has 29 heavy (non-hydrogen) atoms. The molecule has 2 aliphatic heterocycles. The second-order valence-corrected chi connectivity index (χ2v) is 8.96. The Bertz CT molecular complexity index is 907. The molecular weight excluding hydrogens is 384 g/mol. The second kappa shape index (κ2) is 9.65. The Morgan fingerprint density at radius 3 is 2.69 bits per heavy atom. The van der Waals surface area contributed by atoms with Gasteiger partial charge in [0.1, 0.15) is 12.4 Å². The SMILES string of the molecule is O=c1cc(OCC2=CCCS2)ccn1CCc1ccc(CN2CC[C@H](O)C2)cc1. The van der Waals surface area contributed by atoms with Crippen LogP contribution in [0.25, 0.3) is 0 Å². The van der Waals surface area contributed by atoms with Gasteiger partial charge in [-0.15, -0.1) is 11.8 Å². The lowest BCUT2D eigenvalue weighted by atomic mass is 10.1. The van der Waals surface area contributed by atoms with Crippen LogP contribution in [0.5, 0.6) is 5.75 Å². The number of β-amino-alcohol motifs (C(OH)–C–C–N with tert-alkyl or cyclic N) is 1. The number of nitrogens with zero attached hydrogens (tertiary/aromatic N) is 2. The Labute approximate surface area is 176 Å². The van der Waals surface area contributed by atoms with Crippen LogP contribution in [0.3, 0.4) is 0 Å². The Morgan fingerprint density at radius 1 is 1.17 bits per heavy atom. The van der Waals surface area contributed by atoms with Gasteiger partial charge in [-0.1, -0.05) is 30.3 Å². The Hall–Kier alpha value is -2.02. The van der Waals surface area contributed by atoms with Crippen LogP contribution >= 0.6 is 11.8 Å². The molecular formula is C23H28N2O3S. The quantitative estimate of drug-likeness (QED) is 0.722. The zero-order chi connectivity index (χ0) is 20.1. The second-order valence-electron chi connectivity index (χ2n) is 7.73. The number of aliphatic hydroxyl groups is 1. The summed E-state index contributed by atoms with van der Waals surface area (Å²) in [6.45, 7) is 3.81. The van der Waals surface area contributed by atoms with Crippen LogP contribution < -0.4 is 10.3 Å². The van der Waals surface area contributed by atoms with E-state index in [4.69, 9.17) is 4.74 Å². The molecule has 0 unspecified atom stereocenters. The van der Waals surface area contributed by atoms with E-state index in [2.05, 4.69) is 35.2 Å². The van der Waals surface area contributed by atoms with Gasteiger partial charge in [0.15, 0.2) is 0 Å². The van der Waals surface area contributed by atoms with Crippen molar-refractivity contribution in [3.8, 4) is 5.75 Å². The molecule has 0 aliphatic carbocycles. The number of ether oxygens (including phenoxy) is 1. The van der Waals surface area contributed by atoms with Crippen molar-refractivity contribution >= 4 is 11.8 Å². The summed E-state index contributed by atoms with van der Waals surface area (Å²) in [5.74, 6) is 1.76. The lowest BCUT2D eigenvalue weighted by molar-refractivity contribution is 0.175. The van der Waals surface area contributed by atoms with Gasteiger partial charge in [0, 0.05) is 49.1 Å². The van der Waals surface area contributed by atoms with Crippen molar-refractivity contribution in [2.75, 3.05) is 25.4 Å². The van der Waals surface area contributed by atoms with Crippen LogP contribution in [0.2, 0.25) is 0 Å². The van der Waals surface area contributed by atoms with Crippen molar-refractivity contribution in [3.63, 3.8) is 0 Å². The molecule has 1 saturated heterocycles. The summed E-state index contributed by atoms with van der Waals surface area (Å²) in [7, 11) is 0. The maximum atomic E-state index is 12.4. The molecule has 1 atom stereocenters. The van der Waals surface area contributed by atoms with E-state index in [-0.39, 0.29) is 11.7 Å². The third kappa shape index (κ3) is 5.75. The number of aromatic nitrogens is 1. The van der Waals surface area contributed by atoms with Crippen LogP contribution in [0.4, 0.5) is 0 Å². The Morgan fingerprint density at radius 2 is 2.00 bits per heavy atom. The number of hydrogen-bond donors (Lipinski definition) is 1. The summed E-state index contributed by atoms with van der Waals surface area (Å²) in [4.78, 5) is 15.9. The van der Waals surface area contributed by atoms with Gasteiger partial charge in [0.2, 0.25) is 0 Å². The Balaban J connectivity index is 1.27. The first kappa shape index (κ1) is 20.3. The number of benzene rings is 1. The molecule has 0 radical (unpaired) electrons. The van der Waals surface area contributed by atoms with Crippen molar-refractivity contribution in [3.05, 3.63) is 75.1 Å². The molecule has 0 saturated carbocycles. The summed E-state index contributed by atoms with van der Waals surface area (Å²) in [6.07, 6.45) is 6.63. The molecule has 0 bridgehead atoms. The van der Waals surface area contributed by atoms with Gasteiger partial charge in [-0.05, 0) is 36.5 Å². The Kier molecular flexibility index (Phi) is 6.74. The third-order valence-corrected chi connectivity index (χ3v) is 6.54. The number of pyridine rings is 1. The minimum absolute atomic E-state index is 0.0280. The standard InChI is InChI=1S/C23H28N2O3S/c26-20-8-10-24(16-20)15-19-5-3-18(4-6-19)7-11-25-12-9-21(14-23(25)27)28-17-22-2-1-13-29-22/h2-6,9,12,14,20,26H,1,7-8,10-11,13,15-17H2/t20-/m0/s1. The van der Waals surface area contributed by atoms with Crippen molar-refractivity contribution in [2.24, 2.45) is 0 Å². The number of aryl methyl sites for hydroxylation is 2. The first-order valence-electron chi connectivity index (χ1n) is 10.3. The zero-order valence-electron chi connectivity index (χ0n) is 16.6. The lowest BCUT2D eigenvalue weighted by Crippen LogP contribution is -2.21. The van der Waals surface area contributed by atoms with Crippen LogP contribution in [-0.2, 0) is 19.5 Å². The van der Waals surface area contributed by atoms with E-state index >= 15 is 0 Å². The fraction of sp³-hybridized carbons (Fsp3) is 0.435. The fourth-order valence-electron chi connectivity index (χ4n) is 3.76. The smallest absolute Gasteiger partial charge is 0.254 e. The van der Waals surface area contributed by atoms with Crippen LogP contribution in [0, 0.1) is 0 Å². The van der Waals surface area contributed by atoms with Crippen molar-refractivity contribution < 1.29 is 9.84 Å². The van der Waals surface area contributed by atoms with Gasteiger partial charge in [-0.25, -0.2) is 0 Å². The van der Waals surface area contributed by atoms with Gasteiger partial charge in [0.25, 0.3) is 5.56 Å². The van der Waals surface area contributed by atoms with E-state index in [1.807, 2.05) is 24.0 Å². The number of allylic oxidation sites excluding steroid dienone is 1. The number of likely N-dealkylation sites (tertiary alicyclic amines) is 1. The minimum Gasteiger partial charge on any atom is -0.488 e. The molecule has 1 fully saturated rings. The van der Waals surface area contributed by atoms with Gasteiger partial charge < -0.3 is 14.4 Å². The molecule has 0 spiro atoms. The van der Waals surface area contributed by atoms with Gasteiger partial charge in [0.05, 0.1) is 6.10 Å².